The van der Waals surface area contributed by atoms with Crippen LogP contribution in [0, 0.1) is 12.8 Å². The van der Waals surface area contributed by atoms with Gasteiger partial charge in [-0.1, -0.05) is 0 Å². The molecule has 0 radical (unpaired) electrons. The monoisotopic (exact) mass is 297 g/mol. The van der Waals surface area contributed by atoms with Gasteiger partial charge in [-0.25, -0.2) is 13.1 Å². The minimum Gasteiger partial charge on any atom is -0.399 e. The van der Waals surface area contributed by atoms with Gasteiger partial charge in [0.05, 0.1) is 4.90 Å². The largest absolute Gasteiger partial charge is 0.399 e. The van der Waals surface area contributed by atoms with Crippen molar-refractivity contribution in [2.24, 2.45) is 5.92 Å². The first-order valence-electron chi connectivity index (χ1n) is 6.53. The molecule has 1 aliphatic carbocycles. The number of nitrogens with one attached hydrogen (secondary N) is 2. The third-order valence-corrected chi connectivity index (χ3v) is 4.49. The molecule has 1 fully saturated rings. The summed E-state index contributed by atoms with van der Waals surface area (Å²) in [4.78, 5) is 11.5. The molecule has 20 heavy (non-hydrogen) atoms. The third-order valence-electron chi connectivity index (χ3n) is 3.05. The maximum absolute atomic E-state index is 12.0. The van der Waals surface area contributed by atoms with E-state index in [1.165, 1.54) is 6.07 Å². The first kappa shape index (κ1) is 14.8. The highest BCUT2D eigenvalue weighted by atomic mass is 32.2. The van der Waals surface area contributed by atoms with Crippen molar-refractivity contribution in [2.45, 2.75) is 24.7 Å². The third kappa shape index (κ3) is 3.94. The van der Waals surface area contributed by atoms with Crippen LogP contribution >= 0.6 is 0 Å². The summed E-state index contributed by atoms with van der Waals surface area (Å²) in [6, 6.07) is 4.68. The number of aryl methyl sites for hydroxylation is 1. The van der Waals surface area contributed by atoms with Gasteiger partial charge < -0.3 is 11.1 Å². The van der Waals surface area contributed by atoms with Crippen LogP contribution in [0.5, 0.6) is 0 Å². The molecule has 7 heteroatoms. The number of nitrogen functional groups attached to an aromatic ring is 1. The summed E-state index contributed by atoms with van der Waals surface area (Å²) in [6.45, 7) is 2.23. The quantitative estimate of drug-likeness (QED) is 0.522. The highest BCUT2D eigenvalue weighted by molar-refractivity contribution is 7.89. The van der Waals surface area contributed by atoms with Gasteiger partial charge in [0.25, 0.3) is 0 Å². The van der Waals surface area contributed by atoms with Crippen molar-refractivity contribution in [1.82, 2.24) is 10.0 Å². The summed E-state index contributed by atoms with van der Waals surface area (Å²) in [7, 11) is -3.59. The maximum Gasteiger partial charge on any atom is 0.240 e. The van der Waals surface area contributed by atoms with Gasteiger partial charge in [0.15, 0.2) is 0 Å². The lowest BCUT2D eigenvalue weighted by molar-refractivity contribution is -0.122. The highest BCUT2D eigenvalue weighted by Gasteiger charge is 2.29. The predicted octanol–water partition coefficient (Wildman–Crippen LogP) is 0.382. The molecule has 110 valence electrons. The molecule has 0 bridgehead atoms. The molecule has 0 unspecified atom stereocenters. The number of amides is 1. The summed E-state index contributed by atoms with van der Waals surface area (Å²) in [5, 5.41) is 2.70. The van der Waals surface area contributed by atoms with E-state index in [4.69, 9.17) is 5.73 Å². The molecular formula is C13H19N3O3S. The fraction of sp³-hybridized carbons (Fsp3) is 0.462. The topological polar surface area (TPSA) is 101 Å². The van der Waals surface area contributed by atoms with Crippen molar-refractivity contribution in [3.8, 4) is 0 Å². The molecular weight excluding hydrogens is 278 g/mol. The first-order valence-corrected chi connectivity index (χ1v) is 8.01. The zero-order chi connectivity index (χ0) is 14.8. The van der Waals surface area contributed by atoms with E-state index in [0.29, 0.717) is 5.69 Å². The Hall–Kier alpha value is -1.60. The van der Waals surface area contributed by atoms with E-state index in [1.807, 2.05) is 0 Å². The second-order valence-corrected chi connectivity index (χ2v) is 6.81. The SMILES string of the molecule is Cc1cc(N)cc(S(=O)(=O)NCCNC(=O)C2CC2)c1. The van der Waals surface area contributed by atoms with Gasteiger partial charge in [-0.2, -0.15) is 0 Å². The number of carbonyl (C=O) groups excluding carboxylic acids is 1. The smallest absolute Gasteiger partial charge is 0.240 e. The fourth-order valence-corrected chi connectivity index (χ4v) is 3.05. The summed E-state index contributed by atoms with van der Waals surface area (Å²) in [5.41, 5.74) is 6.84. The van der Waals surface area contributed by atoms with E-state index >= 15 is 0 Å². The Bertz CT molecular complexity index is 589. The number of sulfonamides is 1. The Morgan fingerprint density at radius 2 is 2.00 bits per heavy atom. The Kier molecular flexibility index (Phi) is 4.29. The summed E-state index contributed by atoms with van der Waals surface area (Å²) in [6.07, 6.45) is 1.86. The van der Waals surface area contributed by atoms with Crippen molar-refractivity contribution in [1.29, 1.82) is 0 Å². The van der Waals surface area contributed by atoms with Crippen LogP contribution in [-0.2, 0) is 14.8 Å². The Labute approximate surface area is 118 Å². The van der Waals surface area contributed by atoms with Crippen LogP contribution in [-0.4, -0.2) is 27.4 Å². The van der Waals surface area contributed by atoms with Gasteiger partial charge >= 0.3 is 0 Å². The first-order chi connectivity index (χ1) is 9.38. The average molecular weight is 297 g/mol. The molecule has 0 aromatic heterocycles. The van der Waals surface area contributed by atoms with Crippen molar-refractivity contribution in [2.75, 3.05) is 18.8 Å². The van der Waals surface area contributed by atoms with Gasteiger partial charge in [-0.05, 0) is 43.5 Å². The lowest BCUT2D eigenvalue weighted by Gasteiger charge is -2.09. The van der Waals surface area contributed by atoms with Crippen LogP contribution in [0.2, 0.25) is 0 Å². The Morgan fingerprint density at radius 3 is 2.60 bits per heavy atom. The molecule has 0 atom stereocenters. The second kappa shape index (κ2) is 5.80. The molecule has 1 aliphatic rings. The Morgan fingerprint density at radius 1 is 1.30 bits per heavy atom. The lowest BCUT2D eigenvalue weighted by Crippen LogP contribution is -2.35. The zero-order valence-corrected chi connectivity index (χ0v) is 12.2. The van der Waals surface area contributed by atoms with Gasteiger partial charge in [0.1, 0.15) is 0 Å². The molecule has 1 saturated carbocycles. The Balaban J connectivity index is 1.88. The number of anilines is 1. The van der Waals surface area contributed by atoms with Crippen LogP contribution in [0.1, 0.15) is 18.4 Å². The van der Waals surface area contributed by atoms with Crippen molar-refractivity contribution in [3.05, 3.63) is 23.8 Å². The van der Waals surface area contributed by atoms with E-state index in [0.717, 1.165) is 18.4 Å². The molecule has 0 saturated heterocycles. The molecule has 1 aromatic rings. The van der Waals surface area contributed by atoms with E-state index in [1.54, 1.807) is 19.1 Å². The number of hydrogen-bond donors (Lipinski definition) is 3. The second-order valence-electron chi connectivity index (χ2n) is 5.04. The fourth-order valence-electron chi connectivity index (χ4n) is 1.88. The van der Waals surface area contributed by atoms with E-state index in [2.05, 4.69) is 10.0 Å². The van der Waals surface area contributed by atoms with Crippen molar-refractivity contribution >= 4 is 21.6 Å². The summed E-state index contributed by atoms with van der Waals surface area (Å²) < 4.78 is 26.5. The van der Waals surface area contributed by atoms with Gasteiger partial charge in [-0.3, -0.25) is 4.79 Å². The van der Waals surface area contributed by atoms with Crippen LogP contribution in [0.15, 0.2) is 23.1 Å². The molecule has 2 rings (SSSR count). The molecule has 6 nitrogen and oxygen atoms in total. The van der Waals surface area contributed by atoms with Crippen LogP contribution in [0.25, 0.3) is 0 Å². The summed E-state index contributed by atoms with van der Waals surface area (Å²) in [5.74, 6) is 0.132. The number of nitrogens with two attached hydrogens (primary N) is 1. The van der Waals surface area contributed by atoms with Crippen molar-refractivity contribution in [3.63, 3.8) is 0 Å². The highest BCUT2D eigenvalue weighted by Crippen LogP contribution is 2.28. The predicted molar refractivity (Wildman–Crippen MR) is 76.5 cm³/mol. The number of hydrogen-bond acceptors (Lipinski definition) is 4. The van der Waals surface area contributed by atoms with Crippen LogP contribution in [0.4, 0.5) is 5.69 Å². The minimum absolute atomic E-state index is 0.00370. The molecule has 0 spiro atoms. The summed E-state index contributed by atoms with van der Waals surface area (Å²) >= 11 is 0. The van der Waals surface area contributed by atoms with Gasteiger partial charge in [0, 0.05) is 24.7 Å². The van der Waals surface area contributed by atoms with Gasteiger partial charge in [0.2, 0.25) is 15.9 Å². The van der Waals surface area contributed by atoms with Gasteiger partial charge in [-0.15, -0.1) is 0 Å². The molecule has 0 heterocycles. The lowest BCUT2D eigenvalue weighted by atomic mass is 10.2. The van der Waals surface area contributed by atoms with Crippen LogP contribution < -0.4 is 15.8 Å². The standard InChI is InChI=1S/C13H19N3O3S/c1-9-6-11(14)8-12(7-9)20(18,19)16-5-4-15-13(17)10-2-3-10/h6-8,10,16H,2-5,14H2,1H3,(H,15,17). The molecule has 1 aromatic carbocycles. The number of benzene rings is 1. The number of carbonyl (C=O) groups is 1. The maximum atomic E-state index is 12.0. The molecule has 0 aliphatic heterocycles. The normalized spacial score (nSPS) is 15.1. The van der Waals surface area contributed by atoms with Crippen molar-refractivity contribution < 1.29 is 13.2 Å². The number of rotatable bonds is 6. The average Bonchev–Trinajstić information content (AvgIpc) is 3.17. The van der Waals surface area contributed by atoms with E-state index in [9.17, 15) is 13.2 Å². The molecule has 4 N–H and O–H groups in total. The molecule has 1 amide bonds. The minimum atomic E-state index is -3.59. The van der Waals surface area contributed by atoms with E-state index in [-0.39, 0.29) is 29.8 Å². The van der Waals surface area contributed by atoms with E-state index < -0.39 is 10.0 Å². The van der Waals surface area contributed by atoms with Crippen LogP contribution in [0.3, 0.4) is 0 Å². The zero-order valence-electron chi connectivity index (χ0n) is 11.3.